The SMILES string of the molecule is N#Cc1ccc(CN(CC(=O)N(Cc2ccc(C3CCCCC3)cc2)c2ccc(C(=O)O)c(O)c2)S(=O)(=O)c2c(F)c(F)c(F)c(F)c2F)cc1. The lowest BCUT2D eigenvalue weighted by atomic mass is 9.84. The maximum absolute atomic E-state index is 14.9. The summed E-state index contributed by atoms with van der Waals surface area (Å²) in [4.78, 5) is 24.5. The minimum Gasteiger partial charge on any atom is -0.507 e. The van der Waals surface area contributed by atoms with Gasteiger partial charge in [0, 0.05) is 18.3 Å². The molecule has 1 amide bonds. The van der Waals surface area contributed by atoms with Gasteiger partial charge in [-0.05, 0) is 59.7 Å². The zero-order chi connectivity index (χ0) is 37.0. The Balaban J connectivity index is 1.56. The van der Waals surface area contributed by atoms with Gasteiger partial charge in [0.1, 0.15) is 11.3 Å². The van der Waals surface area contributed by atoms with Gasteiger partial charge in [-0.1, -0.05) is 55.7 Å². The van der Waals surface area contributed by atoms with E-state index in [1.807, 2.05) is 18.2 Å². The Morgan fingerprint density at radius 3 is 1.88 bits per heavy atom. The highest BCUT2D eigenvalue weighted by atomic mass is 32.2. The van der Waals surface area contributed by atoms with Crippen LogP contribution in [0.5, 0.6) is 5.75 Å². The number of nitrogens with zero attached hydrogens (tertiary/aromatic N) is 3. The van der Waals surface area contributed by atoms with Gasteiger partial charge in [-0.25, -0.2) is 35.2 Å². The van der Waals surface area contributed by atoms with Crippen LogP contribution in [0.2, 0.25) is 0 Å². The molecule has 0 atom stereocenters. The van der Waals surface area contributed by atoms with Crippen LogP contribution in [-0.2, 0) is 27.9 Å². The van der Waals surface area contributed by atoms with Crippen LogP contribution in [0.15, 0.2) is 71.6 Å². The maximum Gasteiger partial charge on any atom is 0.339 e. The third-order valence-corrected chi connectivity index (χ3v) is 10.6. The number of aromatic carboxylic acids is 1. The van der Waals surface area contributed by atoms with E-state index in [1.54, 1.807) is 12.1 Å². The third kappa shape index (κ3) is 7.87. The molecule has 2 N–H and O–H groups in total. The molecule has 1 aliphatic carbocycles. The van der Waals surface area contributed by atoms with Gasteiger partial charge in [0.25, 0.3) is 0 Å². The van der Waals surface area contributed by atoms with E-state index in [2.05, 4.69) is 0 Å². The number of carbonyl (C=O) groups excluding carboxylic acids is 1. The number of benzene rings is 4. The van der Waals surface area contributed by atoms with Crippen molar-refractivity contribution in [3.8, 4) is 11.8 Å². The highest BCUT2D eigenvalue weighted by Gasteiger charge is 2.39. The predicted molar refractivity (Wildman–Crippen MR) is 174 cm³/mol. The van der Waals surface area contributed by atoms with Crippen molar-refractivity contribution >= 4 is 27.6 Å². The molecule has 1 saturated carbocycles. The zero-order valence-electron chi connectivity index (χ0n) is 26.8. The Morgan fingerprint density at radius 2 is 1.33 bits per heavy atom. The molecule has 15 heteroatoms. The lowest BCUT2D eigenvalue weighted by molar-refractivity contribution is -0.119. The van der Waals surface area contributed by atoms with E-state index in [4.69, 9.17) is 5.26 Å². The van der Waals surface area contributed by atoms with E-state index in [-0.39, 0.29) is 27.7 Å². The van der Waals surface area contributed by atoms with Gasteiger partial charge in [0.05, 0.1) is 24.7 Å². The Hall–Kier alpha value is -5.33. The molecule has 4 aromatic rings. The summed E-state index contributed by atoms with van der Waals surface area (Å²) in [5, 5.41) is 29.0. The number of sulfonamides is 1. The largest absolute Gasteiger partial charge is 0.507 e. The minimum absolute atomic E-state index is 0.0857. The van der Waals surface area contributed by atoms with Crippen molar-refractivity contribution in [1.82, 2.24) is 4.31 Å². The number of hydrogen-bond acceptors (Lipinski definition) is 6. The van der Waals surface area contributed by atoms with E-state index in [0.717, 1.165) is 54.7 Å². The molecule has 1 fully saturated rings. The van der Waals surface area contributed by atoms with Crippen molar-refractivity contribution < 1.29 is 50.2 Å². The van der Waals surface area contributed by atoms with Crippen LogP contribution in [0.1, 0.15) is 70.6 Å². The molecule has 0 aliphatic heterocycles. The summed E-state index contributed by atoms with van der Waals surface area (Å²) in [6, 6.07) is 17.4. The normalized spacial score (nSPS) is 13.6. The first kappa shape index (κ1) is 36.9. The quantitative estimate of drug-likeness (QED) is 0.0953. The fourth-order valence-corrected chi connectivity index (χ4v) is 7.49. The molecule has 9 nitrogen and oxygen atoms in total. The molecule has 5 rings (SSSR count). The summed E-state index contributed by atoms with van der Waals surface area (Å²) in [5.74, 6) is -15.8. The van der Waals surface area contributed by atoms with Crippen LogP contribution in [-0.4, -0.2) is 41.4 Å². The Bertz CT molecular complexity index is 2090. The Kier molecular flexibility index (Phi) is 11.1. The predicted octanol–water partition coefficient (Wildman–Crippen LogP) is 7.13. The number of anilines is 1. The number of nitriles is 1. The lowest BCUT2D eigenvalue weighted by Gasteiger charge is -2.28. The molecular formula is C36H30F5N3O6S. The molecule has 0 spiro atoms. The number of halogens is 5. The Labute approximate surface area is 289 Å². The molecule has 1 aliphatic rings. The molecule has 0 bridgehead atoms. The van der Waals surface area contributed by atoms with Crippen LogP contribution in [0.25, 0.3) is 0 Å². The number of carbonyl (C=O) groups is 2. The topological polar surface area (TPSA) is 139 Å². The molecule has 0 saturated heterocycles. The zero-order valence-corrected chi connectivity index (χ0v) is 27.6. The molecule has 266 valence electrons. The molecular weight excluding hydrogens is 697 g/mol. The van der Waals surface area contributed by atoms with E-state index in [9.17, 15) is 50.2 Å². The lowest BCUT2D eigenvalue weighted by Crippen LogP contribution is -2.43. The molecule has 0 unspecified atom stereocenters. The summed E-state index contributed by atoms with van der Waals surface area (Å²) >= 11 is 0. The summed E-state index contributed by atoms with van der Waals surface area (Å²) in [6.07, 6.45) is 5.38. The summed E-state index contributed by atoms with van der Waals surface area (Å²) in [6.45, 7) is -2.29. The van der Waals surface area contributed by atoms with Crippen LogP contribution in [0, 0.1) is 40.4 Å². The summed E-state index contributed by atoms with van der Waals surface area (Å²) < 4.78 is 100.0. The van der Waals surface area contributed by atoms with Gasteiger partial charge in [-0.3, -0.25) is 4.79 Å². The second-order valence-electron chi connectivity index (χ2n) is 12.0. The van der Waals surface area contributed by atoms with Crippen molar-refractivity contribution in [3.63, 3.8) is 0 Å². The maximum atomic E-state index is 14.9. The average molecular weight is 728 g/mol. The Morgan fingerprint density at radius 1 is 0.784 bits per heavy atom. The van der Waals surface area contributed by atoms with Crippen LogP contribution < -0.4 is 4.90 Å². The van der Waals surface area contributed by atoms with E-state index < -0.39 is 80.3 Å². The van der Waals surface area contributed by atoms with Gasteiger partial charge >= 0.3 is 5.97 Å². The molecule has 0 heterocycles. The standard InChI is InChI=1S/C36H30F5N3O6S/c37-30-31(38)33(40)35(34(41)32(30)39)51(49,50)43(18-22-8-6-21(17-42)7-9-22)20-29(46)44(26-14-15-27(36(47)48)28(45)16-26)19-23-10-12-25(13-11-23)24-4-2-1-3-5-24/h6-16,24,45H,1-5,18-20H2,(H,47,48). The molecule has 0 radical (unpaired) electrons. The van der Waals surface area contributed by atoms with Gasteiger partial charge in [-0.2, -0.15) is 9.57 Å². The highest BCUT2D eigenvalue weighted by Crippen LogP contribution is 2.34. The molecule has 51 heavy (non-hydrogen) atoms. The number of carboxylic acid groups (broad SMARTS) is 1. The van der Waals surface area contributed by atoms with Gasteiger partial charge in [-0.15, -0.1) is 0 Å². The van der Waals surface area contributed by atoms with E-state index in [0.29, 0.717) is 11.5 Å². The second kappa shape index (κ2) is 15.3. The number of carboxylic acids is 1. The van der Waals surface area contributed by atoms with Crippen LogP contribution in [0.3, 0.4) is 0 Å². The number of hydrogen-bond donors (Lipinski definition) is 2. The van der Waals surface area contributed by atoms with Crippen LogP contribution >= 0.6 is 0 Å². The van der Waals surface area contributed by atoms with Crippen molar-refractivity contribution in [1.29, 1.82) is 5.26 Å². The summed E-state index contributed by atoms with van der Waals surface area (Å²) in [5.41, 5.74) is 1.27. The van der Waals surface area contributed by atoms with E-state index >= 15 is 0 Å². The highest BCUT2D eigenvalue weighted by molar-refractivity contribution is 7.89. The smallest absolute Gasteiger partial charge is 0.339 e. The van der Waals surface area contributed by atoms with Gasteiger partial charge in [0.15, 0.2) is 28.2 Å². The first-order valence-corrected chi connectivity index (χ1v) is 17.1. The van der Waals surface area contributed by atoms with E-state index in [1.165, 1.54) is 30.3 Å². The average Bonchev–Trinajstić information content (AvgIpc) is 3.12. The van der Waals surface area contributed by atoms with Crippen LogP contribution in [0.4, 0.5) is 27.6 Å². The van der Waals surface area contributed by atoms with Crippen molar-refractivity contribution in [2.75, 3.05) is 11.4 Å². The van der Waals surface area contributed by atoms with Crippen molar-refractivity contribution in [2.45, 2.75) is 56.0 Å². The fourth-order valence-electron chi connectivity index (χ4n) is 6.00. The molecule has 0 aromatic heterocycles. The number of rotatable bonds is 11. The second-order valence-corrected chi connectivity index (χ2v) is 13.9. The fraction of sp³-hybridized carbons (Fsp3) is 0.250. The van der Waals surface area contributed by atoms with Crippen molar-refractivity contribution in [3.05, 3.63) is 124 Å². The van der Waals surface area contributed by atoms with Gasteiger partial charge in [0.2, 0.25) is 21.7 Å². The molecule has 4 aromatic carbocycles. The summed E-state index contributed by atoms with van der Waals surface area (Å²) in [7, 11) is -5.67. The number of amides is 1. The monoisotopic (exact) mass is 727 g/mol. The third-order valence-electron chi connectivity index (χ3n) is 8.74. The first-order chi connectivity index (χ1) is 24.2. The van der Waals surface area contributed by atoms with Crippen molar-refractivity contribution in [2.24, 2.45) is 0 Å². The number of phenols is 1. The minimum atomic E-state index is -5.67. The first-order valence-electron chi connectivity index (χ1n) is 15.7. The number of aromatic hydroxyl groups is 1. The van der Waals surface area contributed by atoms with Gasteiger partial charge < -0.3 is 15.1 Å².